The number of anilines is 2. The molecule has 0 radical (unpaired) electrons. The van der Waals surface area contributed by atoms with Gasteiger partial charge < -0.3 is 5.32 Å². The summed E-state index contributed by atoms with van der Waals surface area (Å²) in [5.41, 5.74) is 1.28. The number of nitrogens with one attached hydrogen (secondary N) is 2. The summed E-state index contributed by atoms with van der Waals surface area (Å²) in [6.07, 6.45) is 3.68. The van der Waals surface area contributed by atoms with Gasteiger partial charge in [-0.2, -0.15) is 11.8 Å². The van der Waals surface area contributed by atoms with Gasteiger partial charge in [0.15, 0.2) is 11.0 Å². The minimum Gasteiger partial charge on any atom is -0.353 e. The summed E-state index contributed by atoms with van der Waals surface area (Å²) in [4.78, 5) is 13.9. The van der Waals surface area contributed by atoms with Crippen molar-refractivity contribution in [1.29, 1.82) is 0 Å². The third-order valence-electron chi connectivity index (χ3n) is 5.29. The number of hydrogen-bond acceptors (Lipinski definition) is 7. The molecule has 12 heteroatoms. The second-order valence-corrected chi connectivity index (χ2v) is 12.4. The SMILES string of the molecule is CSCCNc1nccc(-c2sc(C(C)(C)C)nc2-c2ccc(F)c(NS(=O)c3c(F)cccc3F)c2)n1. The fraction of sp³-hybridized carbons (Fsp3) is 0.269. The Morgan fingerprint density at radius 1 is 1.03 bits per heavy atom. The molecule has 0 aliphatic heterocycles. The normalized spacial score (nSPS) is 12.4. The van der Waals surface area contributed by atoms with Gasteiger partial charge in [0, 0.05) is 29.5 Å². The lowest BCUT2D eigenvalue weighted by atomic mass is 9.98. The van der Waals surface area contributed by atoms with E-state index in [0.29, 0.717) is 29.4 Å². The van der Waals surface area contributed by atoms with Crippen molar-refractivity contribution in [2.75, 3.05) is 28.6 Å². The maximum Gasteiger partial charge on any atom is 0.223 e. The minimum atomic E-state index is -2.38. The van der Waals surface area contributed by atoms with E-state index in [-0.39, 0.29) is 11.1 Å². The lowest BCUT2D eigenvalue weighted by molar-refractivity contribution is 0.535. The first-order chi connectivity index (χ1) is 18.1. The van der Waals surface area contributed by atoms with Crippen molar-refractivity contribution in [3.63, 3.8) is 0 Å². The Labute approximate surface area is 230 Å². The van der Waals surface area contributed by atoms with Gasteiger partial charge in [0.05, 0.1) is 27.0 Å². The Kier molecular flexibility index (Phi) is 8.74. The van der Waals surface area contributed by atoms with Crippen LogP contribution in [-0.4, -0.2) is 37.7 Å². The zero-order valence-electron chi connectivity index (χ0n) is 21.1. The van der Waals surface area contributed by atoms with Crippen LogP contribution >= 0.6 is 23.1 Å². The van der Waals surface area contributed by atoms with E-state index in [1.807, 2.05) is 27.0 Å². The molecule has 2 aromatic carbocycles. The van der Waals surface area contributed by atoms with Gasteiger partial charge in [-0.15, -0.1) is 11.3 Å². The summed E-state index contributed by atoms with van der Waals surface area (Å²) in [7, 11) is -2.38. The van der Waals surface area contributed by atoms with Gasteiger partial charge in [0.2, 0.25) is 5.95 Å². The van der Waals surface area contributed by atoms with Crippen LogP contribution in [0.15, 0.2) is 53.6 Å². The molecule has 0 amide bonds. The second kappa shape index (κ2) is 11.8. The summed E-state index contributed by atoms with van der Waals surface area (Å²) in [5, 5.41) is 4.04. The average molecular weight is 578 g/mol. The van der Waals surface area contributed by atoms with Crippen molar-refractivity contribution in [2.45, 2.75) is 31.1 Å². The zero-order chi connectivity index (χ0) is 27.4. The molecule has 6 nitrogen and oxygen atoms in total. The van der Waals surface area contributed by atoms with E-state index in [1.165, 1.54) is 29.5 Å². The fourth-order valence-electron chi connectivity index (χ4n) is 3.41. The Hall–Kier alpha value is -2.96. The molecule has 4 rings (SSSR count). The van der Waals surface area contributed by atoms with Crippen molar-refractivity contribution in [2.24, 2.45) is 0 Å². The standard InChI is InChI=1S/C26H26F3N5OS3/c1-26(2,3)24-33-21(22(37-24)19-10-11-30-25(32-19)31-12-13-36-4)15-8-9-16(27)20(14-15)34-38(35)23-17(28)6-5-7-18(23)29/h5-11,14,34H,12-13H2,1-4H3,(H,30,31,32). The minimum absolute atomic E-state index is 0.179. The molecule has 4 aromatic rings. The highest BCUT2D eigenvalue weighted by molar-refractivity contribution is 7.98. The predicted molar refractivity (Wildman–Crippen MR) is 150 cm³/mol. The van der Waals surface area contributed by atoms with Crippen LogP contribution in [0.3, 0.4) is 0 Å². The predicted octanol–water partition coefficient (Wildman–Crippen LogP) is 6.89. The molecule has 1 unspecified atom stereocenters. The van der Waals surface area contributed by atoms with E-state index in [9.17, 15) is 17.4 Å². The third kappa shape index (κ3) is 6.36. The molecule has 0 aliphatic carbocycles. The van der Waals surface area contributed by atoms with E-state index >= 15 is 0 Å². The molecule has 200 valence electrons. The maximum atomic E-state index is 14.7. The van der Waals surface area contributed by atoms with Crippen LogP contribution < -0.4 is 10.0 Å². The lowest BCUT2D eigenvalue weighted by Crippen LogP contribution is -2.10. The smallest absolute Gasteiger partial charge is 0.223 e. The van der Waals surface area contributed by atoms with E-state index in [0.717, 1.165) is 27.8 Å². The van der Waals surface area contributed by atoms with Gasteiger partial charge in [0.1, 0.15) is 22.3 Å². The monoisotopic (exact) mass is 577 g/mol. The van der Waals surface area contributed by atoms with Crippen LogP contribution in [-0.2, 0) is 16.4 Å². The fourth-order valence-corrected chi connectivity index (χ4v) is 5.78. The van der Waals surface area contributed by atoms with Gasteiger partial charge in [0.25, 0.3) is 0 Å². The van der Waals surface area contributed by atoms with E-state index < -0.39 is 33.3 Å². The molecule has 2 N–H and O–H groups in total. The van der Waals surface area contributed by atoms with E-state index in [1.54, 1.807) is 30.1 Å². The first kappa shape index (κ1) is 28.1. The highest BCUT2D eigenvalue weighted by Crippen LogP contribution is 2.41. The Balaban J connectivity index is 1.75. The van der Waals surface area contributed by atoms with Crippen molar-refractivity contribution in [3.8, 4) is 21.8 Å². The van der Waals surface area contributed by atoms with Gasteiger partial charge >= 0.3 is 0 Å². The molecule has 0 spiro atoms. The summed E-state index contributed by atoms with van der Waals surface area (Å²) in [6, 6.07) is 9.11. The number of halogens is 3. The van der Waals surface area contributed by atoms with E-state index in [2.05, 4.69) is 20.0 Å². The number of aromatic nitrogens is 3. The van der Waals surface area contributed by atoms with Crippen LogP contribution in [0.5, 0.6) is 0 Å². The van der Waals surface area contributed by atoms with Crippen LogP contribution in [0.25, 0.3) is 21.8 Å². The Bertz CT molecular complexity index is 1450. The number of thioether (sulfide) groups is 1. The Morgan fingerprint density at radius 3 is 2.45 bits per heavy atom. The molecular formula is C26H26F3N5OS3. The van der Waals surface area contributed by atoms with Crippen molar-refractivity contribution in [3.05, 3.63) is 71.1 Å². The maximum absolute atomic E-state index is 14.7. The van der Waals surface area contributed by atoms with E-state index in [4.69, 9.17) is 4.98 Å². The summed E-state index contributed by atoms with van der Waals surface area (Å²) >= 11 is 3.18. The first-order valence-corrected chi connectivity index (χ1v) is 14.9. The molecular weight excluding hydrogens is 552 g/mol. The number of thiazole rings is 1. The number of benzene rings is 2. The topological polar surface area (TPSA) is 79.8 Å². The molecule has 2 heterocycles. The van der Waals surface area contributed by atoms with Gasteiger partial charge in [-0.3, -0.25) is 4.72 Å². The highest BCUT2D eigenvalue weighted by atomic mass is 32.2. The van der Waals surface area contributed by atoms with Crippen LogP contribution in [0, 0.1) is 17.5 Å². The van der Waals surface area contributed by atoms with Crippen LogP contribution in [0.1, 0.15) is 25.8 Å². The van der Waals surface area contributed by atoms with Crippen molar-refractivity contribution >= 4 is 45.7 Å². The van der Waals surface area contributed by atoms with Crippen LogP contribution in [0.2, 0.25) is 0 Å². The van der Waals surface area contributed by atoms with Crippen molar-refractivity contribution in [1.82, 2.24) is 15.0 Å². The Morgan fingerprint density at radius 2 is 1.76 bits per heavy atom. The molecule has 0 fully saturated rings. The number of rotatable bonds is 9. The van der Waals surface area contributed by atoms with Gasteiger partial charge in [-0.05, 0) is 42.7 Å². The summed E-state index contributed by atoms with van der Waals surface area (Å²) in [6.45, 7) is 6.83. The van der Waals surface area contributed by atoms with Gasteiger partial charge in [-0.1, -0.05) is 26.8 Å². The molecule has 38 heavy (non-hydrogen) atoms. The zero-order valence-corrected chi connectivity index (χ0v) is 23.6. The first-order valence-electron chi connectivity index (χ1n) is 11.6. The number of hydrogen-bond donors (Lipinski definition) is 2. The molecule has 0 bridgehead atoms. The van der Waals surface area contributed by atoms with Gasteiger partial charge in [-0.25, -0.2) is 32.3 Å². The highest BCUT2D eigenvalue weighted by Gasteiger charge is 2.25. The quantitative estimate of drug-likeness (QED) is 0.211. The van der Waals surface area contributed by atoms with Crippen LogP contribution in [0.4, 0.5) is 24.8 Å². The second-order valence-electron chi connectivity index (χ2n) is 9.25. The van der Waals surface area contributed by atoms with Crippen molar-refractivity contribution < 1.29 is 17.4 Å². The lowest BCUT2D eigenvalue weighted by Gasteiger charge is -2.13. The molecule has 1 atom stereocenters. The average Bonchev–Trinajstić information content (AvgIpc) is 3.32. The summed E-state index contributed by atoms with van der Waals surface area (Å²) < 4.78 is 58.2. The molecule has 0 saturated heterocycles. The third-order valence-corrected chi connectivity index (χ3v) is 8.58. The summed E-state index contributed by atoms with van der Waals surface area (Å²) in [5.74, 6) is -1.33. The number of nitrogens with zero attached hydrogens (tertiary/aromatic N) is 3. The molecule has 0 saturated carbocycles. The largest absolute Gasteiger partial charge is 0.353 e. The molecule has 0 aliphatic rings. The molecule has 2 aromatic heterocycles.